The predicted molar refractivity (Wildman–Crippen MR) is 67.2 cm³/mol. The molecule has 18 heavy (non-hydrogen) atoms. The fourth-order valence-corrected chi connectivity index (χ4v) is 2.43. The average Bonchev–Trinajstić information content (AvgIpc) is 3.12. The quantitative estimate of drug-likeness (QED) is 0.732. The Kier molecular flexibility index (Phi) is 4.58. The number of carbonyl (C=O) groups excluding carboxylic acids is 1. The van der Waals surface area contributed by atoms with Crippen LogP contribution in [0.4, 0.5) is 0 Å². The zero-order chi connectivity index (χ0) is 13.0. The Bertz CT molecular complexity index is 307. The van der Waals surface area contributed by atoms with Crippen LogP contribution in [0.25, 0.3) is 0 Å². The standard InChI is InChI=1S/C13H22N2O3/c16-12(14-8-11-1-2-11)9-15-5-3-10(4-6-15)7-13(17)18/h10-11H,1-9H2,(H,14,16)(H,17,18). The Morgan fingerprint density at radius 1 is 1.11 bits per heavy atom. The zero-order valence-corrected chi connectivity index (χ0v) is 10.7. The van der Waals surface area contributed by atoms with Crippen molar-refractivity contribution in [3.63, 3.8) is 0 Å². The Morgan fingerprint density at radius 2 is 1.78 bits per heavy atom. The van der Waals surface area contributed by atoms with Crippen LogP contribution in [0.5, 0.6) is 0 Å². The number of carbonyl (C=O) groups is 2. The molecule has 1 aliphatic carbocycles. The molecule has 102 valence electrons. The summed E-state index contributed by atoms with van der Waals surface area (Å²) in [6.07, 6.45) is 4.55. The molecule has 5 nitrogen and oxygen atoms in total. The molecule has 2 rings (SSSR count). The lowest BCUT2D eigenvalue weighted by Gasteiger charge is -2.30. The van der Waals surface area contributed by atoms with Crippen LogP contribution in [0.15, 0.2) is 0 Å². The van der Waals surface area contributed by atoms with Gasteiger partial charge in [0.2, 0.25) is 5.91 Å². The first-order valence-corrected chi connectivity index (χ1v) is 6.84. The van der Waals surface area contributed by atoms with Crippen LogP contribution < -0.4 is 5.32 Å². The van der Waals surface area contributed by atoms with E-state index in [9.17, 15) is 9.59 Å². The second-order valence-electron chi connectivity index (χ2n) is 5.56. The summed E-state index contributed by atoms with van der Waals surface area (Å²) >= 11 is 0. The molecule has 1 aliphatic heterocycles. The third-order valence-electron chi connectivity index (χ3n) is 3.82. The number of aliphatic carboxylic acids is 1. The third-order valence-corrected chi connectivity index (χ3v) is 3.82. The van der Waals surface area contributed by atoms with E-state index in [0.717, 1.165) is 38.4 Å². The monoisotopic (exact) mass is 254 g/mol. The highest BCUT2D eigenvalue weighted by Gasteiger charge is 2.24. The van der Waals surface area contributed by atoms with Crippen molar-refractivity contribution >= 4 is 11.9 Å². The number of nitrogens with zero attached hydrogens (tertiary/aromatic N) is 1. The highest BCUT2D eigenvalue weighted by Crippen LogP contribution is 2.27. The molecule has 0 aromatic heterocycles. The molecule has 0 radical (unpaired) electrons. The molecule has 0 spiro atoms. The van der Waals surface area contributed by atoms with Gasteiger partial charge in [-0.1, -0.05) is 0 Å². The molecule has 2 fully saturated rings. The lowest BCUT2D eigenvalue weighted by atomic mass is 9.94. The predicted octanol–water partition coefficient (Wildman–Crippen LogP) is 0.699. The van der Waals surface area contributed by atoms with Crippen LogP contribution in [0.2, 0.25) is 0 Å². The molecule has 1 saturated carbocycles. The molecular formula is C13H22N2O3. The van der Waals surface area contributed by atoms with E-state index in [-0.39, 0.29) is 18.2 Å². The maximum atomic E-state index is 11.7. The summed E-state index contributed by atoms with van der Waals surface area (Å²) in [4.78, 5) is 24.4. The van der Waals surface area contributed by atoms with Crippen molar-refractivity contribution in [3.8, 4) is 0 Å². The molecule has 0 aromatic rings. The van der Waals surface area contributed by atoms with Gasteiger partial charge in [0.15, 0.2) is 0 Å². The van der Waals surface area contributed by atoms with Crippen molar-refractivity contribution in [2.45, 2.75) is 32.1 Å². The number of carboxylic acid groups (broad SMARTS) is 1. The number of piperidine rings is 1. The minimum absolute atomic E-state index is 0.110. The summed E-state index contributed by atoms with van der Waals surface area (Å²) in [5, 5.41) is 11.7. The highest BCUT2D eigenvalue weighted by atomic mass is 16.4. The Hall–Kier alpha value is -1.10. The number of carboxylic acids is 1. The van der Waals surface area contributed by atoms with Crippen LogP contribution in [-0.4, -0.2) is 48.1 Å². The smallest absolute Gasteiger partial charge is 0.303 e. The number of hydrogen-bond donors (Lipinski definition) is 2. The van der Waals surface area contributed by atoms with Crippen LogP contribution >= 0.6 is 0 Å². The Labute approximate surface area is 108 Å². The number of rotatable bonds is 6. The van der Waals surface area contributed by atoms with Gasteiger partial charge in [0.1, 0.15) is 0 Å². The zero-order valence-electron chi connectivity index (χ0n) is 10.7. The second-order valence-corrected chi connectivity index (χ2v) is 5.56. The fourth-order valence-electron chi connectivity index (χ4n) is 2.43. The normalized spacial score (nSPS) is 21.8. The van der Waals surface area contributed by atoms with Gasteiger partial charge >= 0.3 is 5.97 Å². The van der Waals surface area contributed by atoms with Crippen LogP contribution in [0.3, 0.4) is 0 Å². The molecule has 5 heteroatoms. The van der Waals surface area contributed by atoms with E-state index in [1.165, 1.54) is 12.8 Å². The van der Waals surface area contributed by atoms with E-state index in [4.69, 9.17) is 5.11 Å². The molecule has 1 amide bonds. The minimum atomic E-state index is -0.712. The van der Waals surface area contributed by atoms with Crippen molar-refractivity contribution in [2.75, 3.05) is 26.2 Å². The molecule has 0 unspecified atom stereocenters. The third kappa shape index (κ3) is 4.64. The average molecular weight is 254 g/mol. The lowest BCUT2D eigenvalue weighted by molar-refractivity contribution is -0.138. The van der Waals surface area contributed by atoms with Crippen molar-refractivity contribution in [1.29, 1.82) is 0 Å². The van der Waals surface area contributed by atoms with E-state index in [1.807, 2.05) is 0 Å². The van der Waals surface area contributed by atoms with E-state index in [0.29, 0.717) is 6.54 Å². The molecule has 0 aromatic carbocycles. The van der Waals surface area contributed by atoms with Crippen molar-refractivity contribution in [1.82, 2.24) is 10.2 Å². The van der Waals surface area contributed by atoms with E-state index in [2.05, 4.69) is 10.2 Å². The summed E-state index contributed by atoms with van der Waals surface area (Å²) in [6, 6.07) is 0. The van der Waals surface area contributed by atoms with Gasteiger partial charge in [0.05, 0.1) is 6.54 Å². The van der Waals surface area contributed by atoms with Crippen molar-refractivity contribution < 1.29 is 14.7 Å². The SMILES string of the molecule is O=C(O)CC1CCN(CC(=O)NCC2CC2)CC1. The highest BCUT2D eigenvalue weighted by molar-refractivity contribution is 5.78. The van der Waals surface area contributed by atoms with Gasteiger partial charge in [-0.2, -0.15) is 0 Å². The van der Waals surface area contributed by atoms with E-state index in [1.54, 1.807) is 0 Å². The maximum Gasteiger partial charge on any atom is 0.303 e. The van der Waals surface area contributed by atoms with Gasteiger partial charge in [-0.05, 0) is 50.6 Å². The van der Waals surface area contributed by atoms with Crippen LogP contribution in [-0.2, 0) is 9.59 Å². The van der Waals surface area contributed by atoms with Gasteiger partial charge in [-0.15, -0.1) is 0 Å². The lowest BCUT2D eigenvalue weighted by Crippen LogP contribution is -2.42. The van der Waals surface area contributed by atoms with Crippen molar-refractivity contribution in [3.05, 3.63) is 0 Å². The minimum Gasteiger partial charge on any atom is -0.481 e. The first-order valence-electron chi connectivity index (χ1n) is 6.84. The molecule has 2 N–H and O–H groups in total. The Morgan fingerprint density at radius 3 is 2.33 bits per heavy atom. The summed E-state index contributed by atoms with van der Waals surface area (Å²) in [7, 11) is 0. The molecule has 0 atom stereocenters. The molecule has 1 heterocycles. The van der Waals surface area contributed by atoms with Crippen LogP contribution in [0, 0.1) is 11.8 Å². The number of likely N-dealkylation sites (tertiary alicyclic amines) is 1. The van der Waals surface area contributed by atoms with Gasteiger partial charge in [-0.3, -0.25) is 14.5 Å². The summed E-state index contributed by atoms with van der Waals surface area (Å²) in [5.74, 6) is 0.401. The van der Waals surface area contributed by atoms with Gasteiger partial charge in [0.25, 0.3) is 0 Å². The molecule has 1 saturated heterocycles. The van der Waals surface area contributed by atoms with Gasteiger partial charge in [0, 0.05) is 13.0 Å². The number of amides is 1. The summed E-state index contributed by atoms with van der Waals surface area (Å²) in [5.41, 5.74) is 0. The van der Waals surface area contributed by atoms with E-state index < -0.39 is 5.97 Å². The fraction of sp³-hybridized carbons (Fsp3) is 0.846. The maximum absolute atomic E-state index is 11.7. The topological polar surface area (TPSA) is 69.6 Å². The number of nitrogens with one attached hydrogen (secondary N) is 1. The molecule has 0 bridgehead atoms. The summed E-state index contributed by atoms with van der Waals surface area (Å²) < 4.78 is 0. The molecular weight excluding hydrogens is 232 g/mol. The number of hydrogen-bond acceptors (Lipinski definition) is 3. The largest absolute Gasteiger partial charge is 0.481 e. The van der Waals surface area contributed by atoms with Crippen molar-refractivity contribution in [2.24, 2.45) is 11.8 Å². The van der Waals surface area contributed by atoms with Crippen LogP contribution in [0.1, 0.15) is 32.1 Å². The first kappa shape index (κ1) is 13.3. The van der Waals surface area contributed by atoms with Gasteiger partial charge in [-0.25, -0.2) is 0 Å². The first-order chi connectivity index (χ1) is 8.63. The second kappa shape index (κ2) is 6.18. The Balaban J connectivity index is 1.60. The molecule has 2 aliphatic rings. The van der Waals surface area contributed by atoms with E-state index >= 15 is 0 Å². The van der Waals surface area contributed by atoms with Gasteiger partial charge < -0.3 is 10.4 Å². The summed E-state index contributed by atoms with van der Waals surface area (Å²) in [6.45, 7) is 2.98.